The molecular weight excluding hydrogens is 341 g/mol. The van der Waals surface area contributed by atoms with Gasteiger partial charge in [-0.2, -0.15) is 0 Å². The lowest BCUT2D eigenvalue weighted by Crippen LogP contribution is -2.24. The maximum absolute atomic E-state index is 12.2. The van der Waals surface area contributed by atoms with Crippen molar-refractivity contribution in [1.29, 1.82) is 0 Å². The maximum atomic E-state index is 12.2. The summed E-state index contributed by atoms with van der Waals surface area (Å²) >= 11 is 12.2. The number of benzene rings is 1. The Labute approximate surface area is 142 Å². The van der Waals surface area contributed by atoms with E-state index in [-0.39, 0.29) is 30.0 Å². The van der Waals surface area contributed by atoms with Gasteiger partial charge in [-0.05, 0) is 36.1 Å². The smallest absolute Gasteiger partial charge is 0.371 e. The molecular formula is C16H13Cl2NO4. The lowest BCUT2D eigenvalue weighted by Gasteiger charge is -2.06. The molecule has 2 N–H and O–H groups in total. The number of rotatable bonds is 5. The number of aromatic carboxylic acids is 1. The fourth-order valence-electron chi connectivity index (χ4n) is 2.53. The first-order chi connectivity index (χ1) is 11.0. The van der Waals surface area contributed by atoms with Crippen LogP contribution in [0.15, 0.2) is 34.7 Å². The first kappa shape index (κ1) is 15.9. The molecule has 0 aliphatic heterocycles. The number of carbonyl (C=O) groups excluding carboxylic acids is 1. The van der Waals surface area contributed by atoms with Crippen LogP contribution < -0.4 is 5.32 Å². The Morgan fingerprint density at radius 3 is 2.74 bits per heavy atom. The van der Waals surface area contributed by atoms with E-state index in [0.717, 1.165) is 5.56 Å². The van der Waals surface area contributed by atoms with Crippen LogP contribution in [0, 0.1) is 5.92 Å². The molecule has 1 amide bonds. The van der Waals surface area contributed by atoms with Crippen molar-refractivity contribution >= 4 is 35.1 Å². The third-order valence-corrected chi connectivity index (χ3v) is 4.65. The Kier molecular flexibility index (Phi) is 4.33. The summed E-state index contributed by atoms with van der Waals surface area (Å²) in [6, 6.07) is 8.28. The highest BCUT2D eigenvalue weighted by Gasteiger charge is 2.45. The zero-order chi connectivity index (χ0) is 16.6. The molecule has 23 heavy (non-hydrogen) atoms. The van der Waals surface area contributed by atoms with Crippen molar-refractivity contribution in [3.63, 3.8) is 0 Å². The highest BCUT2D eigenvalue weighted by molar-refractivity contribution is 6.42. The van der Waals surface area contributed by atoms with E-state index in [0.29, 0.717) is 22.2 Å². The van der Waals surface area contributed by atoms with Crippen LogP contribution in [0.4, 0.5) is 0 Å². The van der Waals surface area contributed by atoms with E-state index in [1.807, 2.05) is 12.1 Å². The number of nitrogens with one attached hydrogen (secondary N) is 1. The zero-order valence-electron chi connectivity index (χ0n) is 11.9. The third kappa shape index (κ3) is 3.35. The van der Waals surface area contributed by atoms with E-state index in [9.17, 15) is 9.59 Å². The molecule has 1 aliphatic carbocycles. The van der Waals surface area contributed by atoms with Gasteiger partial charge in [-0.15, -0.1) is 0 Å². The van der Waals surface area contributed by atoms with E-state index in [4.69, 9.17) is 32.7 Å². The first-order valence-electron chi connectivity index (χ1n) is 7.01. The van der Waals surface area contributed by atoms with Crippen LogP contribution in [0.2, 0.25) is 10.0 Å². The number of hydrogen-bond donors (Lipinski definition) is 2. The molecule has 2 atom stereocenters. The van der Waals surface area contributed by atoms with E-state index in [1.54, 1.807) is 6.07 Å². The monoisotopic (exact) mass is 353 g/mol. The van der Waals surface area contributed by atoms with Crippen LogP contribution in [-0.4, -0.2) is 17.0 Å². The third-order valence-electron chi connectivity index (χ3n) is 3.82. The molecule has 1 aromatic carbocycles. The van der Waals surface area contributed by atoms with Crippen molar-refractivity contribution in [2.24, 2.45) is 5.92 Å². The lowest BCUT2D eigenvalue weighted by molar-refractivity contribution is -0.122. The Morgan fingerprint density at radius 1 is 1.26 bits per heavy atom. The molecule has 2 unspecified atom stereocenters. The van der Waals surface area contributed by atoms with Gasteiger partial charge in [0.15, 0.2) is 0 Å². The average molecular weight is 354 g/mol. The molecule has 1 aromatic heterocycles. The van der Waals surface area contributed by atoms with E-state index >= 15 is 0 Å². The van der Waals surface area contributed by atoms with E-state index in [1.165, 1.54) is 12.1 Å². The predicted molar refractivity (Wildman–Crippen MR) is 84.8 cm³/mol. The highest BCUT2D eigenvalue weighted by atomic mass is 35.5. The average Bonchev–Trinajstić information content (AvgIpc) is 3.16. The summed E-state index contributed by atoms with van der Waals surface area (Å²) in [7, 11) is 0. The maximum Gasteiger partial charge on any atom is 0.371 e. The van der Waals surface area contributed by atoms with Crippen LogP contribution in [0.5, 0.6) is 0 Å². The van der Waals surface area contributed by atoms with E-state index < -0.39 is 5.97 Å². The summed E-state index contributed by atoms with van der Waals surface area (Å²) in [6.45, 7) is 0.151. The van der Waals surface area contributed by atoms with Gasteiger partial charge in [0, 0.05) is 5.92 Å². The second-order valence-electron chi connectivity index (χ2n) is 5.38. The van der Waals surface area contributed by atoms with Crippen molar-refractivity contribution in [1.82, 2.24) is 5.32 Å². The molecule has 0 radical (unpaired) electrons. The minimum Gasteiger partial charge on any atom is -0.475 e. The van der Waals surface area contributed by atoms with Crippen LogP contribution in [-0.2, 0) is 11.3 Å². The number of hydrogen-bond acceptors (Lipinski definition) is 3. The van der Waals surface area contributed by atoms with Crippen LogP contribution in [0.3, 0.4) is 0 Å². The molecule has 0 saturated heterocycles. The van der Waals surface area contributed by atoms with Gasteiger partial charge in [-0.3, -0.25) is 4.79 Å². The standard InChI is InChI=1S/C16H13Cl2NO4/c17-12-3-1-2-9(14(12)18)10-6-11(10)15(20)19-7-8-4-5-13(23-8)16(21)22/h1-5,10-11H,6-7H2,(H,19,20)(H,21,22). The molecule has 1 heterocycles. The first-order valence-corrected chi connectivity index (χ1v) is 7.76. The molecule has 0 bridgehead atoms. The Balaban J connectivity index is 1.58. The summed E-state index contributed by atoms with van der Waals surface area (Å²) in [6.07, 6.45) is 0.713. The minimum absolute atomic E-state index is 0.0624. The number of carboxylic acids is 1. The number of halogens is 2. The minimum atomic E-state index is -1.14. The van der Waals surface area contributed by atoms with Crippen LogP contribution in [0.1, 0.15) is 34.2 Å². The summed E-state index contributed by atoms with van der Waals surface area (Å²) in [5, 5.41) is 12.5. The number of carbonyl (C=O) groups is 2. The molecule has 0 spiro atoms. The number of carboxylic acid groups (broad SMARTS) is 1. The molecule has 3 rings (SSSR count). The Hall–Kier alpha value is -1.98. The van der Waals surface area contributed by atoms with Gasteiger partial charge in [0.25, 0.3) is 0 Å². The second-order valence-corrected chi connectivity index (χ2v) is 6.17. The van der Waals surface area contributed by atoms with Crippen molar-refractivity contribution in [3.05, 3.63) is 57.5 Å². The fourth-order valence-corrected chi connectivity index (χ4v) is 2.98. The van der Waals surface area contributed by atoms with Crippen molar-refractivity contribution < 1.29 is 19.1 Å². The molecule has 1 aliphatic rings. The highest BCUT2D eigenvalue weighted by Crippen LogP contribution is 2.50. The normalized spacial score (nSPS) is 19.4. The molecule has 120 valence electrons. The van der Waals surface area contributed by atoms with Crippen LogP contribution >= 0.6 is 23.2 Å². The largest absolute Gasteiger partial charge is 0.475 e. The quantitative estimate of drug-likeness (QED) is 0.858. The van der Waals surface area contributed by atoms with Gasteiger partial charge in [0.05, 0.1) is 16.6 Å². The van der Waals surface area contributed by atoms with Gasteiger partial charge in [-0.1, -0.05) is 35.3 Å². The number of furan rings is 1. The number of amides is 1. The molecule has 2 aromatic rings. The molecule has 7 heteroatoms. The van der Waals surface area contributed by atoms with Gasteiger partial charge >= 0.3 is 5.97 Å². The van der Waals surface area contributed by atoms with Crippen LogP contribution in [0.25, 0.3) is 0 Å². The Morgan fingerprint density at radius 2 is 2.04 bits per heavy atom. The summed E-state index contributed by atoms with van der Waals surface area (Å²) < 4.78 is 5.09. The summed E-state index contributed by atoms with van der Waals surface area (Å²) in [4.78, 5) is 22.9. The fraction of sp³-hybridized carbons (Fsp3) is 0.250. The molecule has 1 saturated carbocycles. The van der Waals surface area contributed by atoms with Gasteiger partial charge < -0.3 is 14.8 Å². The predicted octanol–water partition coefficient (Wildman–Crippen LogP) is 3.70. The molecule has 1 fully saturated rings. The second kappa shape index (κ2) is 6.26. The van der Waals surface area contributed by atoms with Gasteiger partial charge in [0.2, 0.25) is 11.7 Å². The van der Waals surface area contributed by atoms with Crippen molar-refractivity contribution in [2.75, 3.05) is 0 Å². The van der Waals surface area contributed by atoms with Gasteiger partial charge in [0.1, 0.15) is 5.76 Å². The van der Waals surface area contributed by atoms with Gasteiger partial charge in [-0.25, -0.2) is 4.79 Å². The zero-order valence-corrected chi connectivity index (χ0v) is 13.4. The Bertz CT molecular complexity index is 771. The summed E-state index contributed by atoms with van der Waals surface area (Å²) in [5.41, 5.74) is 0.880. The topological polar surface area (TPSA) is 79.5 Å². The lowest BCUT2D eigenvalue weighted by atomic mass is 10.1. The van der Waals surface area contributed by atoms with E-state index in [2.05, 4.69) is 5.32 Å². The van der Waals surface area contributed by atoms with Crippen molar-refractivity contribution in [3.8, 4) is 0 Å². The van der Waals surface area contributed by atoms with Crippen molar-refractivity contribution in [2.45, 2.75) is 18.9 Å². The molecule has 5 nitrogen and oxygen atoms in total. The summed E-state index contributed by atoms with van der Waals surface area (Å²) in [5.74, 6) is -1.09. The SMILES string of the molecule is O=C(O)c1ccc(CNC(=O)C2CC2c2cccc(Cl)c2Cl)o1.